The number of aliphatic hydroxyl groups is 7. The monoisotopic (exact) mass is 921 g/mol. The van der Waals surface area contributed by atoms with Crippen molar-refractivity contribution in [2.24, 2.45) is 0 Å². The van der Waals surface area contributed by atoms with Crippen molar-refractivity contribution in [1.82, 2.24) is 0 Å². The average molecular weight is 921 g/mol. The fourth-order valence-corrected chi connectivity index (χ4v) is 6.79. The van der Waals surface area contributed by atoms with Crippen molar-refractivity contribution in [2.45, 2.75) is 191 Å². The van der Waals surface area contributed by atoms with Crippen LogP contribution in [0.4, 0.5) is 0 Å². The Bertz CT molecular complexity index is 1460. The third kappa shape index (κ3) is 25.4. The molecule has 0 aromatic carbocycles. The van der Waals surface area contributed by atoms with Crippen molar-refractivity contribution >= 4 is 11.9 Å². The predicted octanol–water partition coefficient (Wildman–Crippen LogP) is 5.65. The fraction of sp³-hybridized carbons (Fsp3) is 0.680. The van der Waals surface area contributed by atoms with Crippen LogP contribution in [0, 0.1) is 0 Å². The topological polar surface area (TPSA) is 231 Å². The molecule has 2 fully saturated rings. The molecule has 0 radical (unpaired) electrons. The number of hydrogen-bond donors (Lipinski definition) is 7. The summed E-state index contributed by atoms with van der Waals surface area (Å²) < 4.78 is 33.4. The van der Waals surface area contributed by atoms with Gasteiger partial charge in [0.15, 0.2) is 18.7 Å². The van der Waals surface area contributed by atoms with E-state index in [0.717, 1.165) is 83.5 Å². The predicted molar refractivity (Wildman–Crippen MR) is 247 cm³/mol. The van der Waals surface area contributed by atoms with Crippen LogP contribution in [-0.4, -0.2) is 142 Å². The molecular weight excluding hydrogens is 841 g/mol. The molecule has 65 heavy (non-hydrogen) atoms. The van der Waals surface area contributed by atoms with E-state index in [0.29, 0.717) is 12.8 Å². The normalized spacial score (nSPS) is 27.2. The lowest BCUT2D eigenvalue weighted by atomic mass is 9.98. The van der Waals surface area contributed by atoms with Gasteiger partial charge in [-0.25, -0.2) is 0 Å². The highest BCUT2D eigenvalue weighted by molar-refractivity contribution is 5.70. The van der Waals surface area contributed by atoms with Crippen molar-refractivity contribution in [3.63, 3.8) is 0 Å². The summed E-state index contributed by atoms with van der Waals surface area (Å²) in [6, 6.07) is 0. The van der Waals surface area contributed by atoms with Crippen LogP contribution in [0.1, 0.15) is 123 Å². The van der Waals surface area contributed by atoms with Gasteiger partial charge in [-0.1, -0.05) is 125 Å². The van der Waals surface area contributed by atoms with Crippen molar-refractivity contribution in [3.8, 4) is 0 Å². The van der Waals surface area contributed by atoms with Crippen molar-refractivity contribution in [3.05, 3.63) is 85.1 Å². The molecule has 0 aromatic heterocycles. The maximum atomic E-state index is 12.9. The molecule has 370 valence electrons. The zero-order valence-electron chi connectivity index (χ0n) is 38.7. The third-order valence-corrected chi connectivity index (χ3v) is 10.7. The van der Waals surface area contributed by atoms with E-state index in [1.54, 1.807) is 0 Å². The Morgan fingerprint density at radius 2 is 1.00 bits per heavy atom. The van der Waals surface area contributed by atoms with Crippen LogP contribution in [0.25, 0.3) is 0 Å². The highest BCUT2D eigenvalue weighted by atomic mass is 16.7. The van der Waals surface area contributed by atoms with E-state index >= 15 is 0 Å². The molecule has 0 amide bonds. The molecular formula is C50H80O15. The lowest BCUT2D eigenvalue weighted by Gasteiger charge is -2.42. The number of hydrogen-bond acceptors (Lipinski definition) is 15. The molecule has 0 aromatic rings. The van der Waals surface area contributed by atoms with Crippen molar-refractivity contribution in [1.29, 1.82) is 0 Å². The van der Waals surface area contributed by atoms with Crippen LogP contribution in [0.2, 0.25) is 0 Å². The van der Waals surface area contributed by atoms with Crippen LogP contribution in [-0.2, 0) is 38.0 Å². The molecule has 2 heterocycles. The molecule has 7 N–H and O–H groups in total. The first-order valence-corrected chi connectivity index (χ1v) is 23.7. The minimum Gasteiger partial charge on any atom is -0.462 e. The first-order chi connectivity index (χ1) is 31.5. The van der Waals surface area contributed by atoms with E-state index in [-0.39, 0.29) is 19.4 Å². The highest BCUT2D eigenvalue weighted by Gasteiger charge is 2.47. The summed E-state index contributed by atoms with van der Waals surface area (Å²) in [5.41, 5.74) is 0. The second-order valence-corrected chi connectivity index (χ2v) is 16.2. The van der Waals surface area contributed by atoms with Crippen LogP contribution in [0.15, 0.2) is 85.1 Å². The number of allylic oxidation sites excluding steroid dienone is 14. The van der Waals surface area contributed by atoms with Gasteiger partial charge in [0.1, 0.15) is 55.4 Å². The van der Waals surface area contributed by atoms with Gasteiger partial charge < -0.3 is 64.2 Å². The van der Waals surface area contributed by atoms with Gasteiger partial charge >= 0.3 is 11.9 Å². The number of carbonyl (C=O) groups excluding carboxylic acids is 2. The van der Waals surface area contributed by atoms with Gasteiger partial charge in [-0.15, -0.1) is 0 Å². The van der Waals surface area contributed by atoms with Gasteiger partial charge in [-0.2, -0.15) is 0 Å². The third-order valence-electron chi connectivity index (χ3n) is 10.7. The largest absolute Gasteiger partial charge is 0.462 e. The lowest BCUT2D eigenvalue weighted by Crippen LogP contribution is -2.61. The Labute approximate surface area is 386 Å². The van der Waals surface area contributed by atoms with E-state index in [1.165, 1.54) is 0 Å². The number of carbonyl (C=O) groups is 2. The number of esters is 2. The Balaban J connectivity index is 1.86. The average Bonchev–Trinajstić information content (AvgIpc) is 3.30. The SMILES string of the molecule is CC/C=C/C=C/C=C/CCCCCCCC(=O)OC(COC(=O)CCCCC/C=C/C/C=C/C/C=C/C/C=C/CC)CO[C@@H]1O[C@H](CO[C@@H]2O[C@H](CO)[C@H](O)C(O)C2O)[C@H](O)C(O)C1O. The van der Waals surface area contributed by atoms with E-state index in [2.05, 4.69) is 74.6 Å². The van der Waals surface area contributed by atoms with Gasteiger partial charge in [-0.3, -0.25) is 9.59 Å². The second-order valence-electron chi connectivity index (χ2n) is 16.2. The molecule has 2 saturated heterocycles. The van der Waals surface area contributed by atoms with E-state index in [4.69, 9.17) is 28.4 Å². The van der Waals surface area contributed by atoms with Gasteiger partial charge in [0, 0.05) is 12.8 Å². The summed E-state index contributed by atoms with van der Waals surface area (Å²) in [6.07, 6.45) is 26.2. The molecule has 0 saturated carbocycles. The first kappa shape index (κ1) is 57.8. The van der Waals surface area contributed by atoms with Crippen LogP contribution >= 0.6 is 0 Å². The minimum atomic E-state index is -1.78. The number of unbranched alkanes of at least 4 members (excludes halogenated alkanes) is 8. The quantitative estimate of drug-likeness (QED) is 0.0179. The highest BCUT2D eigenvalue weighted by Crippen LogP contribution is 2.26. The summed E-state index contributed by atoms with van der Waals surface area (Å²) in [7, 11) is 0. The summed E-state index contributed by atoms with van der Waals surface area (Å²) in [4.78, 5) is 25.7. The van der Waals surface area contributed by atoms with E-state index in [1.807, 2.05) is 24.3 Å². The Hall–Kier alpha value is -3.32. The summed E-state index contributed by atoms with van der Waals surface area (Å²) in [5, 5.41) is 71.9. The number of ether oxygens (including phenoxy) is 6. The molecule has 15 nitrogen and oxygen atoms in total. The van der Waals surface area contributed by atoms with E-state index in [9.17, 15) is 45.3 Å². The molecule has 11 atom stereocenters. The van der Waals surface area contributed by atoms with E-state index < -0.39 is 99.3 Å². The van der Waals surface area contributed by atoms with Crippen LogP contribution < -0.4 is 0 Å². The molecule has 2 aliphatic heterocycles. The molecule has 0 spiro atoms. The Morgan fingerprint density at radius 3 is 1.63 bits per heavy atom. The lowest BCUT2D eigenvalue weighted by molar-refractivity contribution is -0.332. The second kappa shape index (κ2) is 36.8. The molecule has 2 rings (SSSR count). The number of aliphatic hydroxyl groups excluding tert-OH is 7. The summed E-state index contributed by atoms with van der Waals surface area (Å²) in [6.45, 7) is 2.24. The van der Waals surface area contributed by atoms with Gasteiger partial charge in [0.05, 0.1) is 19.8 Å². The smallest absolute Gasteiger partial charge is 0.306 e. The Morgan fingerprint density at radius 1 is 0.508 bits per heavy atom. The maximum absolute atomic E-state index is 12.9. The Kier molecular flexibility index (Phi) is 32.7. The molecule has 0 aliphatic carbocycles. The molecule has 0 bridgehead atoms. The minimum absolute atomic E-state index is 0.129. The van der Waals surface area contributed by atoms with Crippen molar-refractivity contribution in [2.75, 3.05) is 26.4 Å². The fourth-order valence-electron chi connectivity index (χ4n) is 6.79. The standard InChI is InChI=1S/C50H80O15/c1-3-5-7-9-11-13-15-17-18-19-21-22-24-26-28-30-32-41(52)60-35-38(63-42(53)33-31-29-27-25-23-20-16-14-12-10-8-6-4-2)36-61-49-48(59)46(57)44(55)40(65-49)37-62-50-47(58)45(56)43(54)39(34-51)64-50/h5-8,10-14,16-18,21-22,38-40,43-51,54-59H,3-4,9,15,19-20,23-37H2,1-2H3/b7-5+,8-6+,12-10+,13-11+,16-14+,18-17+,22-21+/t38?,39-,40-,43+,44+,45?,46?,47?,48?,49-,50-/m1/s1. The zero-order chi connectivity index (χ0) is 47.5. The molecule has 5 unspecified atom stereocenters. The van der Waals surface area contributed by atoms with Gasteiger partial charge in [0.2, 0.25) is 0 Å². The summed E-state index contributed by atoms with van der Waals surface area (Å²) >= 11 is 0. The van der Waals surface area contributed by atoms with Crippen LogP contribution in [0.3, 0.4) is 0 Å². The summed E-state index contributed by atoms with van der Waals surface area (Å²) in [5.74, 6) is -0.997. The van der Waals surface area contributed by atoms with Crippen molar-refractivity contribution < 1.29 is 73.8 Å². The van der Waals surface area contributed by atoms with Gasteiger partial charge in [0.25, 0.3) is 0 Å². The molecule has 15 heteroatoms. The number of rotatable bonds is 34. The maximum Gasteiger partial charge on any atom is 0.306 e. The van der Waals surface area contributed by atoms with Gasteiger partial charge in [-0.05, 0) is 70.6 Å². The van der Waals surface area contributed by atoms with Crippen LogP contribution in [0.5, 0.6) is 0 Å². The molecule has 2 aliphatic rings. The zero-order valence-corrected chi connectivity index (χ0v) is 38.7. The first-order valence-electron chi connectivity index (χ1n) is 23.7.